The number of fused-ring (bicyclic) bond motifs is 1. The third kappa shape index (κ3) is 8.97. The van der Waals surface area contributed by atoms with Crippen LogP contribution in [0.2, 0.25) is 0 Å². The van der Waals surface area contributed by atoms with Crippen molar-refractivity contribution in [2.45, 2.75) is 84.7 Å². The Balaban J connectivity index is 1.55. The van der Waals surface area contributed by atoms with E-state index in [0.29, 0.717) is 24.8 Å². The highest BCUT2D eigenvalue weighted by Crippen LogP contribution is 2.33. The van der Waals surface area contributed by atoms with Gasteiger partial charge in [0.25, 0.3) is 0 Å². The third-order valence-electron chi connectivity index (χ3n) is 6.86. The number of esters is 1. The maximum absolute atomic E-state index is 11.9. The summed E-state index contributed by atoms with van der Waals surface area (Å²) in [4.78, 5) is 11.9. The number of hydrogen-bond donors (Lipinski definition) is 2. The predicted octanol–water partition coefficient (Wildman–Crippen LogP) is 5.66. The molecule has 0 heterocycles. The SMILES string of the molecule is CCOC(=O)/C=C/c1c(OC(C)C)cccc1[C@@H](C)OC[C@H](O)CNC(C)(C)CC1Cc2ccccc2C1. The average molecular weight is 524 g/mol. The Labute approximate surface area is 228 Å². The molecular weight excluding hydrogens is 478 g/mol. The first kappa shape index (κ1) is 29.9. The normalized spacial score (nSPS) is 15.6. The van der Waals surface area contributed by atoms with Crippen molar-refractivity contribution < 1.29 is 24.1 Å². The molecule has 2 atom stereocenters. The minimum Gasteiger partial charge on any atom is -0.490 e. The van der Waals surface area contributed by atoms with Gasteiger partial charge in [-0.3, -0.25) is 0 Å². The van der Waals surface area contributed by atoms with Crippen LogP contribution in [0.25, 0.3) is 6.08 Å². The van der Waals surface area contributed by atoms with Gasteiger partial charge in [0.1, 0.15) is 5.75 Å². The van der Waals surface area contributed by atoms with Crippen LogP contribution in [-0.4, -0.2) is 48.6 Å². The lowest BCUT2D eigenvalue weighted by atomic mass is 9.88. The van der Waals surface area contributed by atoms with E-state index in [4.69, 9.17) is 14.2 Å². The summed E-state index contributed by atoms with van der Waals surface area (Å²) in [6, 6.07) is 14.5. The Bertz CT molecular complexity index is 1050. The predicted molar refractivity (Wildman–Crippen MR) is 152 cm³/mol. The van der Waals surface area contributed by atoms with Gasteiger partial charge in [0.2, 0.25) is 0 Å². The molecule has 0 saturated heterocycles. The number of carbonyl (C=O) groups excluding carboxylic acids is 1. The molecule has 0 aliphatic heterocycles. The van der Waals surface area contributed by atoms with Gasteiger partial charge in [-0.2, -0.15) is 0 Å². The molecule has 6 nitrogen and oxygen atoms in total. The quantitative estimate of drug-likeness (QED) is 0.246. The fraction of sp³-hybridized carbons (Fsp3) is 0.531. The van der Waals surface area contributed by atoms with E-state index in [1.807, 2.05) is 39.0 Å². The van der Waals surface area contributed by atoms with E-state index in [1.165, 1.54) is 17.2 Å². The van der Waals surface area contributed by atoms with Crippen LogP contribution in [0.4, 0.5) is 0 Å². The molecule has 2 aromatic carbocycles. The van der Waals surface area contributed by atoms with Crippen molar-refractivity contribution in [2.75, 3.05) is 19.8 Å². The summed E-state index contributed by atoms with van der Waals surface area (Å²) in [7, 11) is 0. The van der Waals surface area contributed by atoms with Crippen LogP contribution in [-0.2, 0) is 27.1 Å². The molecule has 1 aliphatic carbocycles. The van der Waals surface area contributed by atoms with Crippen molar-refractivity contribution in [3.63, 3.8) is 0 Å². The van der Waals surface area contributed by atoms with Crippen LogP contribution in [0.15, 0.2) is 48.5 Å². The molecule has 0 unspecified atom stereocenters. The summed E-state index contributed by atoms with van der Waals surface area (Å²) in [5, 5.41) is 14.3. The van der Waals surface area contributed by atoms with Gasteiger partial charge in [0.05, 0.1) is 31.5 Å². The van der Waals surface area contributed by atoms with Crippen LogP contribution in [0, 0.1) is 5.92 Å². The number of nitrogens with one attached hydrogen (secondary N) is 1. The lowest BCUT2D eigenvalue weighted by Gasteiger charge is -2.31. The van der Waals surface area contributed by atoms with Gasteiger partial charge in [-0.05, 0) is 95.6 Å². The molecule has 2 aromatic rings. The smallest absolute Gasteiger partial charge is 0.330 e. The lowest BCUT2D eigenvalue weighted by molar-refractivity contribution is -0.137. The number of β-amino-alcohol motifs (C(OH)–C–C–N with tert-alkyl or cyclic N) is 1. The van der Waals surface area contributed by atoms with Gasteiger partial charge < -0.3 is 24.6 Å². The van der Waals surface area contributed by atoms with Gasteiger partial charge in [0, 0.05) is 23.7 Å². The van der Waals surface area contributed by atoms with E-state index in [-0.39, 0.29) is 24.4 Å². The summed E-state index contributed by atoms with van der Waals surface area (Å²) < 4.78 is 17.1. The third-order valence-corrected chi connectivity index (χ3v) is 6.86. The first-order chi connectivity index (χ1) is 18.1. The molecule has 6 heteroatoms. The molecule has 208 valence electrons. The summed E-state index contributed by atoms with van der Waals surface area (Å²) in [6.45, 7) is 13.0. The van der Waals surface area contributed by atoms with Gasteiger partial charge in [-0.1, -0.05) is 36.4 Å². The molecule has 38 heavy (non-hydrogen) atoms. The van der Waals surface area contributed by atoms with Crippen molar-refractivity contribution in [3.8, 4) is 5.75 Å². The Morgan fingerprint density at radius 1 is 1.11 bits per heavy atom. The number of rotatable bonds is 14. The Kier molecular flexibility index (Phi) is 11.0. The average Bonchev–Trinajstić information content (AvgIpc) is 3.26. The number of aliphatic hydroxyl groups is 1. The van der Waals surface area contributed by atoms with Crippen LogP contribution in [0.3, 0.4) is 0 Å². The van der Waals surface area contributed by atoms with Crippen molar-refractivity contribution in [1.29, 1.82) is 0 Å². The van der Waals surface area contributed by atoms with E-state index < -0.39 is 12.1 Å². The molecule has 0 aromatic heterocycles. The van der Waals surface area contributed by atoms with E-state index in [2.05, 4.69) is 43.4 Å². The largest absolute Gasteiger partial charge is 0.490 e. The Morgan fingerprint density at radius 2 is 1.79 bits per heavy atom. The second kappa shape index (κ2) is 13.9. The summed E-state index contributed by atoms with van der Waals surface area (Å²) in [5.41, 5.74) is 4.50. The highest BCUT2D eigenvalue weighted by atomic mass is 16.5. The van der Waals surface area contributed by atoms with Crippen LogP contribution >= 0.6 is 0 Å². The molecule has 0 amide bonds. The fourth-order valence-corrected chi connectivity index (χ4v) is 5.18. The van der Waals surface area contributed by atoms with Crippen molar-refractivity contribution >= 4 is 12.0 Å². The molecule has 0 fully saturated rings. The Hall–Kier alpha value is -2.67. The van der Waals surface area contributed by atoms with Crippen LogP contribution in [0.1, 0.15) is 76.3 Å². The van der Waals surface area contributed by atoms with Gasteiger partial charge >= 0.3 is 5.97 Å². The summed E-state index contributed by atoms with van der Waals surface area (Å²) in [5.74, 6) is 0.883. The number of aliphatic hydroxyl groups excluding tert-OH is 1. The zero-order valence-corrected chi connectivity index (χ0v) is 23.8. The molecule has 0 saturated carbocycles. The van der Waals surface area contributed by atoms with Crippen molar-refractivity contribution in [1.82, 2.24) is 5.32 Å². The number of benzene rings is 2. The topological polar surface area (TPSA) is 77.0 Å². The number of hydrogen-bond acceptors (Lipinski definition) is 6. The van der Waals surface area contributed by atoms with Gasteiger partial charge in [-0.25, -0.2) is 4.79 Å². The molecule has 0 bridgehead atoms. The molecular formula is C32H45NO5. The maximum atomic E-state index is 11.9. The van der Waals surface area contributed by atoms with E-state index in [0.717, 1.165) is 30.4 Å². The zero-order valence-electron chi connectivity index (χ0n) is 23.8. The standard InChI is InChI=1S/C32H45NO5/c1-7-36-31(35)16-15-29-28(13-10-14-30(29)38-22(2)3)23(4)37-21-27(34)20-33-32(5,6)19-24-17-25-11-8-9-12-26(25)18-24/h8-16,22-24,27,33-34H,7,17-21H2,1-6H3/b16-15+/t23-,27-/m1/s1. The number of ether oxygens (including phenoxy) is 3. The highest BCUT2D eigenvalue weighted by Gasteiger charge is 2.28. The first-order valence-electron chi connectivity index (χ1n) is 13.8. The van der Waals surface area contributed by atoms with Crippen molar-refractivity contribution in [3.05, 3.63) is 70.8 Å². The second-order valence-electron chi connectivity index (χ2n) is 11.2. The minimum atomic E-state index is -0.647. The molecule has 0 spiro atoms. The molecule has 0 radical (unpaired) electrons. The van der Waals surface area contributed by atoms with Crippen LogP contribution in [0.5, 0.6) is 5.75 Å². The van der Waals surface area contributed by atoms with E-state index in [9.17, 15) is 9.90 Å². The highest BCUT2D eigenvalue weighted by molar-refractivity contribution is 5.88. The van der Waals surface area contributed by atoms with Crippen LogP contribution < -0.4 is 10.1 Å². The summed E-state index contributed by atoms with van der Waals surface area (Å²) in [6.07, 6.45) is 5.43. The Morgan fingerprint density at radius 3 is 2.42 bits per heavy atom. The molecule has 3 rings (SSSR count). The van der Waals surface area contributed by atoms with Gasteiger partial charge in [-0.15, -0.1) is 0 Å². The zero-order chi connectivity index (χ0) is 27.7. The maximum Gasteiger partial charge on any atom is 0.330 e. The number of carbonyl (C=O) groups is 1. The lowest BCUT2D eigenvalue weighted by Crippen LogP contribution is -2.45. The fourth-order valence-electron chi connectivity index (χ4n) is 5.18. The second-order valence-corrected chi connectivity index (χ2v) is 11.2. The van der Waals surface area contributed by atoms with Crippen molar-refractivity contribution in [2.24, 2.45) is 5.92 Å². The molecule has 2 N–H and O–H groups in total. The first-order valence-corrected chi connectivity index (χ1v) is 13.8. The van der Waals surface area contributed by atoms with E-state index in [1.54, 1.807) is 13.0 Å². The van der Waals surface area contributed by atoms with Gasteiger partial charge in [0.15, 0.2) is 0 Å². The molecule has 1 aliphatic rings. The monoisotopic (exact) mass is 523 g/mol. The minimum absolute atomic E-state index is 0.0223. The summed E-state index contributed by atoms with van der Waals surface area (Å²) >= 11 is 0. The van der Waals surface area contributed by atoms with E-state index >= 15 is 0 Å².